The van der Waals surface area contributed by atoms with Crippen LogP contribution in [0.2, 0.25) is 5.02 Å². The van der Waals surface area contributed by atoms with Crippen LogP contribution < -0.4 is 5.32 Å². The van der Waals surface area contributed by atoms with E-state index in [9.17, 15) is 0 Å². The van der Waals surface area contributed by atoms with E-state index in [0.29, 0.717) is 5.02 Å². The maximum Gasteiger partial charge on any atom is 0.144 e. The smallest absolute Gasteiger partial charge is 0.144 e. The maximum atomic E-state index is 5.96. The normalized spacial score (nSPS) is 10.2. The van der Waals surface area contributed by atoms with Gasteiger partial charge in [-0.15, -0.1) is 0 Å². The lowest BCUT2D eigenvalue weighted by Gasteiger charge is -2.05. The van der Waals surface area contributed by atoms with Gasteiger partial charge in [0.2, 0.25) is 0 Å². The van der Waals surface area contributed by atoms with Crippen molar-refractivity contribution in [3.8, 4) is 0 Å². The van der Waals surface area contributed by atoms with Crippen LogP contribution in [0, 0.1) is 0 Å². The Morgan fingerprint density at radius 3 is 3.07 bits per heavy atom. The summed E-state index contributed by atoms with van der Waals surface area (Å²) in [4.78, 5) is 4.16. The number of hydrogen-bond donors (Lipinski definition) is 1. The van der Waals surface area contributed by atoms with Crippen molar-refractivity contribution in [2.24, 2.45) is 0 Å². The molecule has 0 aromatic carbocycles. The first-order chi connectivity index (χ1) is 7.36. The van der Waals surface area contributed by atoms with E-state index in [-0.39, 0.29) is 0 Å². The van der Waals surface area contributed by atoms with E-state index in [0.717, 1.165) is 18.8 Å². The highest BCUT2D eigenvalue weighted by Crippen LogP contribution is 2.17. The average molecular weight is 239 g/mol. The largest absolute Gasteiger partial charge is 0.369 e. The molecule has 0 aliphatic heterocycles. The Morgan fingerprint density at radius 1 is 1.40 bits per heavy atom. The third-order valence-electron chi connectivity index (χ3n) is 2.04. The fourth-order valence-corrected chi connectivity index (χ4v) is 2.17. The number of halogens is 1. The molecule has 0 spiro atoms. The molecule has 0 aliphatic carbocycles. The SMILES string of the molecule is Clc1cccnc1NCCc1ccsc1. The number of thiophene rings is 1. The summed E-state index contributed by atoms with van der Waals surface area (Å²) in [6.07, 6.45) is 2.73. The fraction of sp³-hybridized carbons (Fsp3) is 0.182. The lowest BCUT2D eigenvalue weighted by atomic mass is 10.2. The highest BCUT2D eigenvalue weighted by molar-refractivity contribution is 7.07. The van der Waals surface area contributed by atoms with E-state index in [4.69, 9.17) is 11.6 Å². The molecule has 0 bridgehead atoms. The Labute approximate surface area is 97.9 Å². The van der Waals surface area contributed by atoms with Crippen LogP contribution in [0.3, 0.4) is 0 Å². The molecule has 0 unspecified atom stereocenters. The Kier molecular flexibility index (Phi) is 3.59. The topological polar surface area (TPSA) is 24.9 Å². The minimum Gasteiger partial charge on any atom is -0.369 e. The van der Waals surface area contributed by atoms with E-state index >= 15 is 0 Å². The van der Waals surface area contributed by atoms with Gasteiger partial charge in [-0.1, -0.05) is 11.6 Å². The number of nitrogens with one attached hydrogen (secondary N) is 1. The van der Waals surface area contributed by atoms with Crippen LogP contribution in [0.5, 0.6) is 0 Å². The van der Waals surface area contributed by atoms with Crippen LogP contribution in [0.15, 0.2) is 35.2 Å². The molecular formula is C11H11ClN2S. The van der Waals surface area contributed by atoms with Gasteiger partial charge in [-0.2, -0.15) is 11.3 Å². The number of hydrogen-bond acceptors (Lipinski definition) is 3. The van der Waals surface area contributed by atoms with Crippen LogP contribution in [0.25, 0.3) is 0 Å². The molecule has 4 heteroatoms. The second-order valence-electron chi connectivity index (χ2n) is 3.14. The monoisotopic (exact) mass is 238 g/mol. The van der Waals surface area contributed by atoms with Crippen LogP contribution >= 0.6 is 22.9 Å². The highest BCUT2D eigenvalue weighted by atomic mass is 35.5. The van der Waals surface area contributed by atoms with Gasteiger partial charge >= 0.3 is 0 Å². The minimum atomic E-state index is 0.669. The van der Waals surface area contributed by atoms with Gasteiger partial charge in [-0.3, -0.25) is 0 Å². The van der Waals surface area contributed by atoms with Crippen molar-refractivity contribution in [2.75, 3.05) is 11.9 Å². The van der Waals surface area contributed by atoms with E-state index in [1.807, 2.05) is 12.1 Å². The quantitative estimate of drug-likeness (QED) is 0.883. The van der Waals surface area contributed by atoms with Gasteiger partial charge in [0.15, 0.2) is 0 Å². The molecule has 2 aromatic heterocycles. The van der Waals surface area contributed by atoms with Gasteiger partial charge in [0.1, 0.15) is 5.82 Å². The van der Waals surface area contributed by atoms with Crippen molar-refractivity contribution in [3.05, 3.63) is 45.7 Å². The van der Waals surface area contributed by atoms with Gasteiger partial charge in [-0.25, -0.2) is 4.98 Å². The highest BCUT2D eigenvalue weighted by Gasteiger charge is 1.99. The zero-order valence-electron chi connectivity index (χ0n) is 8.11. The van der Waals surface area contributed by atoms with E-state index in [1.54, 1.807) is 17.5 Å². The first-order valence-electron chi connectivity index (χ1n) is 4.72. The van der Waals surface area contributed by atoms with E-state index in [1.165, 1.54) is 5.56 Å². The Bertz CT molecular complexity index is 414. The van der Waals surface area contributed by atoms with Crippen LogP contribution in [0.4, 0.5) is 5.82 Å². The van der Waals surface area contributed by atoms with Crippen LogP contribution in [-0.2, 0) is 6.42 Å². The van der Waals surface area contributed by atoms with Crippen molar-refractivity contribution < 1.29 is 0 Å². The van der Waals surface area contributed by atoms with Crippen molar-refractivity contribution in [1.29, 1.82) is 0 Å². The Hall–Kier alpha value is -1.06. The number of aromatic nitrogens is 1. The predicted octanol–water partition coefficient (Wildman–Crippen LogP) is 3.45. The van der Waals surface area contributed by atoms with E-state index < -0.39 is 0 Å². The average Bonchev–Trinajstić information content (AvgIpc) is 2.74. The summed E-state index contributed by atoms with van der Waals surface area (Å²) in [7, 11) is 0. The number of nitrogens with zero attached hydrogens (tertiary/aromatic N) is 1. The Balaban J connectivity index is 1.86. The molecule has 0 amide bonds. The molecule has 78 valence electrons. The third kappa shape index (κ3) is 2.94. The molecule has 2 aromatic rings. The van der Waals surface area contributed by atoms with Gasteiger partial charge in [0.05, 0.1) is 5.02 Å². The zero-order valence-corrected chi connectivity index (χ0v) is 9.68. The van der Waals surface area contributed by atoms with E-state index in [2.05, 4.69) is 27.1 Å². The summed E-state index contributed by atoms with van der Waals surface area (Å²) in [5.41, 5.74) is 1.35. The van der Waals surface area contributed by atoms with Gasteiger partial charge in [0.25, 0.3) is 0 Å². The summed E-state index contributed by atoms with van der Waals surface area (Å²) in [5.74, 6) is 0.759. The summed E-state index contributed by atoms with van der Waals surface area (Å²) in [6, 6.07) is 5.79. The molecule has 0 radical (unpaired) electrons. The lowest BCUT2D eigenvalue weighted by molar-refractivity contribution is 1.01. The van der Waals surface area contributed by atoms with Crippen molar-refractivity contribution >= 4 is 28.8 Å². The summed E-state index contributed by atoms with van der Waals surface area (Å²) in [5, 5.41) is 8.12. The van der Waals surface area contributed by atoms with Gasteiger partial charge in [-0.05, 0) is 40.9 Å². The second-order valence-corrected chi connectivity index (χ2v) is 4.33. The van der Waals surface area contributed by atoms with Crippen molar-refractivity contribution in [2.45, 2.75) is 6.42 Å². The molecule has 0 saturated heterocycles. The molecule has 0 atom stereocenters. The van der Waals surface area contributed by atoms with Crippen LogP contribution in [0.1, 0.15) is 5.56 Å². The molecule has 2 rings (SSSR count). The minimum absolute atomic E-state index is 0.669. The zero-order chi connectivity index (χ0) is 10.5. The molecule has 0 saturated carbocycles. The molecule has 0 aliphatic rings. The molecular weight excluding hydrogens is 228 g/mol. The number of rotatable bonds is 4. The Morgan fingerprint density at radius 2 is 2.33 bits per heavy atom. The fourth-order valence-electron chi connectivity index (χ4n) is 1.28. The molecule has 1 N–H and O–H groups in total. The molecule has 2 nitrogen and oxygen atoms in total. The molecule has 2 heterocycles. The number of pyridine rings is 1. The van der Waals surface area contributed by atoms with Crippen LogP contribution in [-0.4, -0.2) is 11.5 Å². The third-order valence-corrected chi connectivity index (χ3v) is 3.08. The summed E-state index contributed by atoms with van der Waals surface area (Å²) >= 11 is 7.68. The lowest BCUT2D eigenvalue weighted by Crippen LogP contribution is -2.05. The van der Waals surface area contributed by atoms with Crippen molar-refractivity contribution in [3.63, 3.8) is 0 Å². The maximum absolute atomic E-state index is 5.96. The van der Waals surface area contributed by atoms with Gasteiger partial charge < -0.3 is 5.32 Å². The summed E-state index contributed by atoms with van der Waals surface area (Å²) in [6.45, 7) is 0.855. The first-order valence-corrected chi connectivity index (χ1v) is 6.04. The number of anilines is 1. The molecule has 0 fully saturated rings. The summed E-state index contributed by atoms with van der Waals surface area (Å²) < 4.78 is 0. The molecule has 15 heavy (non-hydrogen) atoms. The standard InChI is InChI=1S/C11H11ClN2S/c12-10-2-1-5-13-11(10)14-6-3-9-4-7-15-8-9/h1-2,4-5,7-8H,3,6H2,(H,13,14). The predicted molar refractivity (Wildman–Crippen MR) is 65.8 cm³/mol. The van der Waals surface area contributed by atoms with Gasteiger partial charge in [0, 0.05) is 12.7 Å². The second kappa shape index (κ2) is 5.14. The van der Waals surface area contributed by atoms with Crippen molar-refractivity contribution in [1.82, 2.24) is 4.98 Å². The first kappa shape index (κ1) is 10.5.